The number of hydrogen-bond donors (Lipinski definition) is 1. The molecule has 6 nitrogen and oxygen atoms in total. The van der Waals surface area contributed by atoms with Gasteiger partial charge in [-0.05, 0) is 13.3 Å². The molecular formula is C11H15N5O. The van der Waals surface area contributed by atoms with Crippen LogP contribution in [0.3, 0.4) is 0 Å². The molecule has 17 heavy (non-hydrogen) atoms. The maximum Gasteiger partial charge on any atom is 0.253 e. The van der Waals surface area contributed by atoms with Gasteiger partial charge < -0.3 is 10.5 Å². The lowest BCUT2D eigenvalue weighted by molar-refractivity contribution is 0.304. The van der Waals surface area contributed by atoms with E-state index in [4.69, 9.17) is 10.5 Å². The summed E-state index contributed by atoms with van der Waals surface area (Å²) in [5.41, 5.74) is 6.57. The van der Waals surface area contributed by atoms with Crippen LogP contribution in [0.4, 0.5) is 5.82 Å². The Morgan fingerprint density at radius 1 is 1.47 bits per heavy atom. The summed E-state index contributed by atoms with van der Waals surface area (Å²) < 4.78 is 6.98. The Kier molecular flexibility index (Phi) is 3.22. The summed E-state index contributed by atoms with van der Waals surface area (Å²) in [6.07, 6.45) is 4.36. The molecule has 0 spiro atoms. The molecule has 0 amide bonds. The molecule has 6 heteroatoms. The predicted octanol–water partition coefficient (Wildman–Crippen LogP) is 1.34. The smallest absolute Gasteiger partial charge is 0.253 e. The zero-order valence-corrected chi connectivity index (χ0v) is 9.92. The van der Waals surface area contributed by atoms with Gasteiger partial charge >= 0.3 is 0 Å². The lowest BCUT2D eigenvalue weighted by Gasteiger charge is -2.04. The Bertz CT molecular complexity index is 489. The molecule has 0 bridgehead atoms. The van der Waals surface area contributed by atoms with Crippen LogP contribution in [0, 0.1) is 6.92 Å². The van der Waals surface area contributed by atoms with E-state index in [2.05, 4.69) is 15.1 Å². The predicted molar refractivity (Wildman–Crippen MR) is 64.1 cm³/mol. The van der Waals surface area contributed by atoms with Crippen LogP contribution < -0.4 is 10.5 Å². The number of aromatic nitrogens is 4. The summed E-state index contributed by atoms with van der Waals surface area (Å²) in [6, 6.07) is 1.72. The number of nitrogen functional groups attached to an aromatic ring is 1. The summed E-state index contributed by atoms with van der Waals surface area (Å²) in [4.78, 5) is 8.37. The number of ether oxygens (including phenoxy) is 1. The molecule has 0 radical (unpaired) electrons. The minimum Gasteiger partial charge on any atom is -0.478 e. The molecule has 0 aliphatic carbocycles. The second kappa shape index (κ2) is 4.82. The van der Waals surface area contributed by atoms with Crippen LogP contribution >= 0.6 is 0 Å². The normalized spacial score (nSPS) is 10.5. The maximum absolute atomic E-state index is 5.68. The molecule has 2 aromatic rings. The van der Waals surface area contributed by atoms with Crippen LogP contribution in [0.25, 0.3) is 5.95 Å². The third-order valence-corrected chi connectivity index (χ3v) is 2.21. The van der Waals surface area contributed by atoms with E-state index >= 15 is 0 Å². The summed E-state index contributed by atoms with van der Waals surface area (Å²) in [5.74, 6) is 1.48. The van der Waals surface area contributed by atoms with Crippen molar-refractivity contribution in [2.24, 2.45) is 0 Å². The maximum atomic E-state index is 5.68. The molecule has 0 saturated carbocycles. The van der Waals surface area contributed by atoms with E-state index in [1.54, 1.807) is 23.1 Å². The van der Waals surface area contributed by atoms with Gasteiger partial charge in [-0.25, -0.2) is 9.67 Å². The van der Waals surface area contributed by atoms with Gasteiger partial charge in [0.05, 0.1) is 6.61 Å². The van der Waals surface area contributed by atoms with E-state index in [1.165, 1.54) is 0 Å². The van der Waals surface area contributed by atoms with Crippen LogP contribution in [0.1, 0.15) is 18.9 Å². The molecule has 2 heterocycles. The van der Waals surface area contributed by atoms with E-state index in [0.29, 0.717) is 24.3 Å². The highest BCUT2D eigenvalue weighted by Gasteiger charge is 2.06. The average Bonchev–Trinajstić information content (AvgIpc) is 2.68. The van der Waals surface area contributed by atoms with Crippen LogP contribution in [0.5, 0.6) is 5.88 Å². The van der Waals surface area contributed by atoms with Crippen LogP contribution in [0.15, 0.2) is 18.5 Å². The first kappa shape index (κ1) is 11.4. The third kappa shape index (κ3) is 2.52. The summed E-state index contributed by atoms with van der Waals surface area (Å²) in [6.45, 7) is 4.56. The Morgan fingerprint density at radius 2 is 2.29 bits per heavy atom. The Hall–Kier alpha value is -2.11. The zero-order chi connectivity index (χ0) is 12.3. The molecular weight excluding hydrogens is 218 g/mol. The van der Waals surface area contributed by atoms with Gasteiger partial charge in [0, 0.05) is 24.0 Å². The monoisotopic (exact) mass is 233 g/mol. The van der Waals surface area contributed by atoms with Crippen molar-refractivity contribution in [3.05, 3.63) is 24.0 Å². The van der Waals surface area contributed by atoms with Crippen molar-refractivity contribution in [3.63, 3.8) is 0 Å². The lowest BCUT2D eigenvalue weighted by Crippen LogP contribution is -2.05. The Morgan fingerprint density at radius 3 is 2.94 bits per heavy atom. The minimum absolute atomic E-state index is 0.457. The summed E-state index contributed by atoms with van der Waals surface area (Å²) >= 11 is 0. The van der Waals surface area contributed by atoms with Crippen molar-refractivity contribution in [1.82, 2.24) is 19.7 Å². The van der Waals surface area contributed by atoms with E-state index < -0.39 is 0 Å². The fraction of sp³-hybridized carbons (Fsp3) is 0.364. The lowest BCUT2D eigenvalue weighted by atomic mass is 10.4. The fourth-order valence-electron chi connectivity index (χ4n) is 1.31. The fourth-order valence-corrected chi connectivity index (χ4v) is 1.31. The molecule has 0 unspecified atom stereocenters. The first-order chi connectivity index (χ1) is 8.20. The van der Waals surface area contributed by atoms with Gasteiger partial charge in [-0.2, -0.15) is 4.98 Å². The molecule has 0 fully saturated rings. The van der Waals surface area contributed by atoms with Crippen molar-refractivity contribution in [2.45, 2.75) is 20.3 Å². The number of hydrogen-bond acceptors (Lipinski definition) is 5. The van der Waals surface area contributed by atoms with E-state index in [9.17, 15) is 0 Å². The molecule has 90 valence electrons. The number of nitrogens with two attached hydrogens (primary N) is 1. The Balaban J connectivity index is 2.26. The first-order valence-corrected chi connectivity index (χ1v) is 5.48. The standard InChI is InChI=1S/C11H15N5O/c1-3-6-17-9-4-5-13-11(14-9)16-7-8(2)10(12)15-16/h4-5,7H,3,6H2,1-2H3,(H2,12,15). The highest BCUT2D eigenvalue weighted by Crippen LogP contribution is 2.12. The largest absolute Gasteiger partial charge is 0.478 e. The number of aryl methyl sites for hydroxylation is 1. The highest BCUT2D eigenvalue weighted by atomic mass is 16.5. The van der Waals surface area contributed by atoms with Crippen molar-refractivity contribution < 1.29 is 4.74 Å². The molecule has 0 atom stereocenters. The van der Waals surface area contributed by atoms with E-state index in [0.717, 1.165) is 12.0 Å². The van der Waals surface area contributed by atoms with Gasteiger partial charge in [-0.3, -0.25) is 0 Å². The molecule has 2 rings (SSSR count). The van der Waals surface area contributed by atoms with Crippen LogP contribution in [-0.4, -0.2) is 26.4 Å². The molecule has 0 aromatic carbocycles. The molecule has 0 aliphatic heterocycles. The average molecular weight is 233 g/mol. The number of anilines is 1. The Labute approximate surface area is 99.4 Å². The summed E-state index contributed by atoms with van der Waals surface area (Å²) in [7, 11) is 0. The molecule has 2 aromatic heterocycles. The van der Waals surface area contributed by atoms with Crippen molar-refractivity contribution in [1.29, 1.82) is 0 Å². The van der Waals surface area contributed by atoms with Crippen molar-refractivity contribution >= 4 is 5.82 Å². The van der Waals surface area contributed by atoms with Gasteiger partial charge in [0.1, 0.15) is 5.82 Å². The van der Waals surface area contributed by atoms with Crippen molar-refractivity contribution in [2.75, 3.05) is 12.3 Å². The SMILES string of the molecule is CCCOc1ccnc(-n2cc(C)c(N)n2)n1. The molecule has 0 aliphatic rings. The van der Waals surface area contributed by atoms with Gasteiger partial charge in [0.2, 0.25) is 5.88 Å². The van der Waals surface area contributed by atoms with Crippen molar-refractivity contribution in [3.8, 4) is 11.8 Å². The zero-order valence-electron chi connectivity index (χ0n) is 9.92. The number of nitrogens with zero attached hydrogens (tertiary/aromatic N) is 4. The molecule has 2 N–H and O–H groups in total. The van der Waals surface area contributed by atoms with Crippen LogP contribution in [0.2, 0.25) is 0 Å². The quantitative estimate of drug-likeness (QED) is 0.862. The van der Waals surface area contributed by atoms with E-state index in [1.807, 2.05) is 13.8 Å². The van der Waals surface area contributed by atoms with Gasteiger partial charge in [0.15, 0.2) is 0 Å². The second-order valence-corrected chi connectivity index (χ2v) is 3.69. The van der Waals surface area contributed by atoms with Gasteiger partial charge in [0.25, 0.3) is 5.95 Å². The molecule has 0 saturated heterocycles. The van der Waals surface area contributed by atoms with Gasteiger partial charge in [-0.1, -0.05) is 6.92 Å². The minimum atomic E-state index is 0.457. The second-order valence-electron chi connectivity index (χ2n) is 3.69. The first-order valence-electron chi connectivity index (χ1n) is 5.48. The summed E-state index contributed by atoms with van der Waals surface area (Å²) in [5, 5.41) is 4.12. The third-order valence-electron chi connectivity index (χ3n) is 2.21. The topological polar surface area (TPSA) is 78.9 Å². The highest BCUT2D eigenvalue weighted by molar-refractivity contribution is 5.37. The van der Waals surface area contributed by atoms with Gasteiger partial charge in [-0.15, -0.1) is 5.10 Å². The van der Waals surface area contributed by atoms with Crippen LogP contribution in [-0.2, 0) is 0 Å². The van der Waals surface area contributed by atoms with E-state index in [-0.39, 0.29) is 0 Å². The number of rotatable bonds is 4.